The van der Waals surface area contributed by atoms with Gasteiger partial charge >= 0.3 is 0 Å². The molecule has 0 aliphatic carbocycles. The molecule has 0 bridgehead atoms. The van der Waals surface area contributed by atoms with Crippen molar-refractivity contribution in [2.75, 3.05) is 5.32 Å². The summed E-state index contributed by atoms with van der Waals surface area (Å²) in [6.07, 6.45) is 0.129. The summed E-state index contributed by atoms with van der Waals surface area (Å²) in [5.74, 6) is -0.532. The number of benzene rings is 3. The van der Waals surface area contributed by atoms with Gasteiger partial charge in [0.1, 0.15) is 10.9 Å². The van der Waals surface area contributed by atoms with Gasteiger partial charge in [-0.25, -0.2) is 8.42 Å². The van der Waals surface area contributed by atoms with Crippen LogP contribution in [-0.2, 0) is 21.2 Å². The number of nitrogens with one attached hydrogen (secondary N) is 2. The van der Waals surface area contributed by atoms with Crippen molar-refractivity contribution in [1.29, 1.82) is 0 Å². The Morgan fingerprint density at radius 1 is 0.935 bits per heavy atom. The maximum absolute atomic E-state index is 13.1. The van der Waals surface area contributed by atoms with Crippen molar-refractivity contribution in [2.45, 2.75) is 24.3 Å². The van der Waals surface area contributed by atoms with E-state index in [9.17, 15) is 13.2 Å². The number of carbonyl (C=O) groups excluding carboxylic acids is 1. The Labute approximate surface area is 196 Å². The summed E-state index contributed by atoms with van der Waals surface area (Å²) in [6, 6.07) is 17.2. The number of sulfonamides is 1. The van der Waals surface area contributed by atoms with Gasteiger partial charge in [0.2, 0.25) is 15.9 Å². The Bertz CT molecular complexity index is 1200. The summed E-state index contributed by atoms with van der Waals surface area (Å²) in [5.41, 5.74) is 1.96. The average Bonchev–Trinajstić information content (AvgIpc) is 2.73. The smallest absolute Gasteiger partial charge is 0.242 e. The zero-order valence-corrected chi connectivity index (χ0v) is 19.5. The van der Waals surface area contributed by atoms with Gasteiger partial charge in [-0.1, -0.05) is 71.2 Å². The highest BCUT2D eigenvalue weighted by molar-refractivity contribution is 7.89. The van der Waals surface area contributed by atoms with Crippen LogP contribution in [0.25, 0.3) is 0 Å². The fourth-order valence-corrected chi connectivity index (χ4v) is 5.07. The molecule has 0 aliphatic rings. The van der Waals surface area contributed by atoms with Crippen LogP contribution in [0.4, 0.5) is 5.69 Å². The highest BCUT2D eigenvalue weighted by Gasteiger charge is 2.28. The van der Waals surface area contributed by atoms with E-state index in [4.69, 9.17) is 34.8 Å². The zero-order valence-electron chi connectivity index (χ0n) is 16.4. The van der Waals surface area contributed by atoms with Crippen LogP contribution in [-0.4, -0.2) is 20.4 Å². The minimum absolute atomic E-state index is 0.00135. The first-order chi connectivity index (χ1) is 14.7. The van der Waals surface area contributed by atoms with E-state index in [1.807, 2.05) is 30.3 Å². The average molecular weight is 498 g/mol. The van der Waals surface area contributed by atoms with Crippen LogP contribution in [0, 0.1) is 6.92 Å². The van der Waals surface area contributed by atoms with Crippen molar-refractivity contribution in [3.63, 3.8) is 0 Å². The quantitative estimate of drug-likeness (QED) is 0.454. The minimum atomic E-state index is -4.14. The molecule has 162 valence electrons. The second kappa shape index (κ2) is 10.0. The predicted molar refractivity (Wildman–Crippen MR) is 126 cm³/mol. The summed E-state index contributed by atoms with van der Waals surface area (Å²) >= 11 is 18.2. The third-order valence-corrected chi connectivity index (χ3v) is 7.20. The molecule has 0 radical (unpaired) electrons. The van der Waals surface area contributed by atoms with Gasteiger partial charge in [-0.2, -0.15) is 4.72 Å². The normalized spacial score (nSPS) is 12.4. The summed E-state index contributed by atoms with van der Waals surface area (Å²) < 4.78 is 28.5. The third-order valence-electron chi connectivity index (χ3n) is 4.60. The van der Waals surface area contributed by atoms with Gasteiger partial charge in [0.05, 0.1) is 5.02 Å². The molecule has 0 saturated heterocycles. The molecule has 5 nitrogen and oxygen atoms in total. The fourth-order valence-electron chi connectivity index (χ4n) is 2.93. The molecule has 2 N–H and O–H groups in total. The first kappa shape index (κ1) is 23.6. The molecule has 3 rings (SSSR count). The van der Waals surface area contributed by atoms with E-state index in [1.165, 1.54) is 18.2 Å². The Hall–Kier alpha value is -2.09. The van der Waals surface area contributed by atoms with Crippen molar-refractivity contribution in [2.24, 2.45) is 0 Å². The van der Waals surface area contributed by atoms with E-state index in [0.717, 1.165) is 5.56 Å². The molecule has 3 aromatic rings. The molecule has 0 heterocycles. The van der Waals surface area contributed by atoms with Gasteiger partial charge in [0.25, 0.3) is 0 Å². The summed E-state index contributed by atoms with van der Waals surface area (Å²) in [5, 5.41) is 3.46. The minimum Gasteiger partial charge on any atom is -0.324 e. The maximum Gasteiger partial charge on any atom is 0.242 e. The largest absolute Gasteiger partial charge is 0.324 e. The Morgan fingerprint density at radius 2 is 1.65 bits per heavy atom. The molecule has 0 aromatic heterocycles. The van der Waals surface area contributed by atoms with Crippen molar-refractivity contribution in [3.05, 3.63) is 92.9 Å². The first-order valence-electron chi connectivity index (χ1n) is 9.24. The lowest BCUT2D eigenvalue weighted by Crippen LogP contribution is -2.45. The standard InChI is InChI=1S/C22H19Cl3N2O3S/c1-14-17(24)8-5-9-19(14)26-22(28)20(12-15-6-3-2-4-7-15)27-31(29,30)21-13-16(23)10-11-18(21)25/h2-11,13,20,27H,12H2,1H3,(H,26,28)/t20-/m1/s1. The number of hydrogen-bond donors (Lipinski definition) is 2. The zero-order chi connectivity index (χ0) is 22.6. The van der Waals surface area contributed by atoms with E-state index in [1.54, 1.807) is 25.1 Å². The van der Waals surface area contributed by atoms with Crippen molar-refractivity contribution in [3.8, 4) is 0 Å². The Kier molecular flexibility index (Phi) is 7.62. The van der Waals surface area contributed by atoms with E-state index in [0.29, 0.717) is 16.3 Å². The predicted octanol–water partition coefficient (Wildman–Crippen LogP) is 5.48. The van der Waals surface area contributed by atoms with E-state index >= 15 is 0 Å². The SMILES string of the molecule is Cc1c(Cl)cccc1NC(=O)[C@@H](Cc1ccccc1)NS(=O)(=O)c1cc(Cl)ccc1Cl. The number of anilines is 1. The summed E-state index contributed by atoms with van der Waals surface area (Å²) in [6.45, 7) is 1.76. The molecule has 0 aliphatic heterocycles. The van der Waals surface area contributed by atoms with Gasteiger partial charge in [0.15, 0.2) is 0 Å². The van der Waals surface area contributed by atoms with Gasteiger partial charge < -0.3 is 5.32 Å². The van der Waals surface area contributed by atoms with Gasteiger partial charge in [0, 0.05) is 15.7 Å². The second-order valence-corrected chi connectivity index (χ2v) is 9.77. The number of amides is 1. The molecule has 9 heteroatoms. The van der Waals surface area contributed by atoms with Crippen LogP contribution in [0.2, 0.25) is 15.1 Å². The molecule has 0 spiro atoms. The number of hydrogen-bond acceptors (Lipinski definition) is 3. The van der Waals surface area contributed by atoms with Crippen molar-refractivity contribution >= 4 is 56.4 Å². The molecule has 0 saturated carbocycles. The second-order valence-electron chi connectivity index (χ2n) is 6.84. The highest BCUT2D eigenvalue weighted by atomic mass is 35.5. The lowest BCUT2D eigenvalue weighted by atomic mass is 10.1. The van der Waals surface area contributed by atoms with Crippen molar-refractivity contribution in [1.82, 2.24) is 4.72 Å². The van der Waals surface area contributed by atoms with Crippen LogP contribution in [0.15, 0.2) is 71.6 Å². The van der Waals surface area contributed by atoms with Gasteiger partial charge in [-0.15, -0.1) is 0 Å². The van der Waals surface area contributed by atoms with Crippen LogP contribution in [0.1, 0.15) is 11.1 Å². The first-order valence-corrected chi connectivity index (χ1v) is 11.9. The Morgan fingerprint density at radius 3 is 2.35 bits per heavy atom. The fraction of sp³-hybridized carbons (Fsp3) is 0.136. The summed E-state index contributed by atoms with van der Waals surface area (Å²) in [4.78, 5) is 12.9. The molecule has 3 aromatic carbocycles. The van der Waals surface area contributed by atoms with E-state index in [2.05, 4.69) is 10.0 Å². The monoisotopic (exact) mass is 496 g/mol. The molecular formula is C22H19Cl3N2O3S. The molecular weight excluding hydrogens is 479 g/mol. The highest BCUT2D eigenvalue weighted by Crippen LogP contribution is 2.26. The van der Waals surface area contributed by atoms with Gasteiger partial charge in [-0.3, -0.25) is 4.79 Å². The van der Waals surface area contributed by atoms with Gasteiger partial charge in [-0.05, 0) is 54.8 Å². The molecule has 31 heavy (non-hydrogen) atoms. The lowest BCUT2D eigenvalue weighted by Gasteiger charge is -2.20. The van der Waals surface area contributed by atoms with Crippen LogP contribution in [0.3, 0.4) is 0 Å². The number of rotatable bonds is 7. The number of carbonyl (C=O) groups is 1. The summed E-state index contributed by atoms with van der Waals surface area (Å²) in [7, 11) is -4.14. The third kappa shape index (κ3) is 5.99. The molecule has 1 amide bonds. The van der Waals surface area contributed by atoms with Crippen LogP contribution in [0.5, 0.6) is 0 Å². The van der Waals surface area contributed by atoms with Crippen LogP contribution >= 0.6 is 34.8 Å². The molecule has 0 fully saturated rings. The van der Waals surface area contributed by atoms with Crippen LogP contribution < -0.4 is 10.0 Å². The van der Waals surface area contributed by atoms with E-state index in [-0.39, 0.29) is 21.4 Å². The molecule has 1 atom stereocenters. The topological polar surface area (TPSA) is 75.3 Å². The van der Waals surface area contributed by atoms with Crippen molar-refractivity contribution < 1.29 is 13.2 Å². The molecule has 0 unspecified atom stereocenters. The maximum atomic E-state index is 13.1. The Balaban J connectivity index is 1.93. The van der Waals surface area contributed by atoms with E-state index < -0.39 is 22.0 Å². The number of halogens is 3. The lowest BCUT2D eigenvalue weighted by molar-refractivity contribution is -0.117.